The standard InChI is InChI=1S/C26H27NO3/c28-25(19-27-17-15-26(29,16-18-27)23-9-5-2-6-10-23)22-11-13-24(14-12-22)30-20-21-7-3-1-4-8-21/h1-14,29H,15-20H2. The van der Waals surface area contributed by atoms with Gasteiger partial charge in [0, 0.05) is 18.7 Å². The van der Waals surface area contributed by atoms with Crippen LogP contribution in [0.3, 0.4) is 0 Å². The van der Waals surface area contributed by atoms with E-state index in [2.05, 4.69) is 4.90 Å². The first-order valence-electron chi connectivity index (χ1n) is 10.4. The van der Waals surface area contributed by atoms with Crippen LogP contribution in [0.15, 0.2) is 84.9 Å². The number of nitrogens with zero attached hydrogens (tertiary/aromatic N) is 1. The first kappa shape index (κ1) is 20.3. The molecule has 1 heterocycles. The molecule has 0 amide bonds. The first-order chi connectivity index (χ1) is 14.6. The monoisotopic (exact) mass is 401 g/mol. The fraction of sp³-hybridized carbons (Fsp3) is 0.269. The van der Waals surface area contributed by atoms with E-state index >= 15 is 0 Å². The van der Waals surface area contributed by atoms with Gasteiger partial charge in [0.1, 0.15) is 12.4 Å². The van der Waals surface area contributed by atoms with Crippen molar-refractivity contribution < 1.29 is 14.6 Å². The van der Waals surface area contributed by atoms with Gasteiger partial charge in [-0.1, -0.05) is 60.7 Å². The fourth-order valence-corrected chi connectivity index (χ4v) is 3.89. The molecule has 0 unspecified atom stereocenters. The van der Waals surface area contributed by atoms with Crippen LogP contribution in [0.25, 0.3) is 0 Å². The number of aliphatic hydroxyl groups is 1. The molecule has 0 spiro atoms. The third-order valence-corrected chi connectivity index (χ3v) is 5.79. The highest BCUT2D eigenvalue weighted by Crippen LogP contribution is 2.32. The van der Waals surface area contributed by atoms with Crippen LogP contribution in [0, 0.1) is 0 Å². The molecule has 1 saturated heterocycles. The Hall–Kier alpha value is -2.95. The molecule has 0 radical (unpaired) electrons. The Morgan fingerprint density at radius 3 is 2.10 bits per heavy atom. The molecule has 1 fully saturated rings. The lowest BCUT2D eigenvalue weighted by molar-refractivity contribution is -0.0245. The molecule has 1 aliphatic rings. The molecule has 4 rings (SSSR count). The molecule has 0 aliphatic carbocycles. The smallest absolute Gasteiger partial charge is 0.176 e. The number of carbonyl (C=O) groups is 1. The van der Waals surface area contributed by atoms with E-state index in [9.17, 15) is 9.90 Å². The fourth-order valence-electron chi connectivity index (χ4n) is 3.89. The summed E-state index contributed by atoms with van der Waals surface area (Å²) >= 11 is 0. The number of hydrogen-bond acceptors (Lipinski definition) is 4. The quantitative estimate of drug-likeness (QED) is 0.595. The Labute approximate surface area is 177 Å². The number of hydrogen-bond donors (Lipinski definition) is 1. The molecule has 0 saturated carbocycles. The van der Waals surface area contributed by atoms with E-state index in [-0.39, 0.29) is 5.78 Å². The molecule has 0 atom stereocenters. The lowest BCUT2D eigenvalue weighted by Gasteiger charge is -2.38. The Balaban J connectivity index is 1.28. The van der Waals surface area contributed by atoms with E-state index in [1.54, 1.807) is 0 Å². The normalized spacial score (nSPS) is 16.2. The van der Waals surface area contributed by atoms with Crippen LogP contribution >= 0.6 is 0 Å². The zero-order valence-corrected chi connectivity index (χ0v) is 17.0. The molecule has 1 aliphatic heterocycles. The van der Waals surface area contributed by atoms with Gasteiger partial charge in [-0.2, -0.15) is 0 Å². The van der Waals surface area contributed by atoms with Gasteiger partial charge in [0.15, 0.2) is 5.78 Å². The van der Waals surface area contributed by atoms with Gasteiger partial charge in [0.25, 0.3) is 0 Å². The van der Waals surface area contributed by atoms with Crippen molar-refractivity contribution in [2.45, 2.75) is 25.0 Å². The maximum absolute atomic E-state index is 12.7. The summed E-state index contributed by atoms with van der Waals surface area (Å²) in [5.74, 6) is 0.844. The van der Waals surface area contributed by atoms with Crippen molar-refractivity contribution in [2.75, 3.05) is 19.6 Å². The molecule has 154 valence electrons. The number of carbonyl (C=O) groups excluding carboxylic acids is 1. The van der Waals surface area contributed by atoms with E-state index in [1.807, 2.05) is 84.9 Å². The van der Waals surface area contributed by atoms with Gasteiger partial charge >= 0.3 is 0 Å². The topological polar surface area (TPSA) is 49.8 Å². The van der Waals surface area contributed by atoms with Crippen molar-refractivity contribution in [3.63, 3.8) is 0 Å². The molecule has 4 nitrogen and oxygen atoms in total. The van der Waals surface area contributed by atoms with Crippen LogP contribution in [0.2, 0.25) is 0 Å². The predicted molar refractivity (Wildman–Crippen MR) is 118 cm³/mol. The van der Waals surface area contributed by atoms with Crippen LogP contribution in [0.4, 0.5) is 0 Å². The summed E-state index contributed by atoms with van der Waals surface area (Å²) < 4.78 is 5.79. The van der Waals surface area contributed by atoms with Crippen molar-refractivity contribution in [1.29, 1.82) is 0 Å². The highest BCUT2D eigenvalue weighted by Gasteiger charge is 2.34. The summed E-state index contributed by atoms with van der Waals surface area (Å²) in [5.41, 5.74) is 1.96. The minimum absolute atomic E-state index is 0.0924. The Bertz CT molecular complexity index is 947. The summed E-state index contributed by atoms with van der Waals surface area (Å²) in [6.45, 7) is 2.28. The minimum atomic E-state index is -0.793. The number of benzene rings is 3. The van der Waals surface area contributed by atoms with Gasteiger partial charge in [-0.3, -0.25) is 9.69 Å². The number of piperidine rings is 1. The van der Waals surface area contributed by atoms with Crippen molar-refractivity contribution in [3.05, 3.63) is 102 Å². The molecule has 30 heavy (non-hydrogen) atoms. The SMILES string of the molecule is O=C(CN1CCC(O)(c2ccccc2)CC1)c1ccc(OCc2ccccc2)cc1. The zero-order chi connectivity index (χ0) is 20.8. The Morgan fingerprint density at radius 2 is 1.47 bits per heavy atom. The third kappa shape index (κ3) is 4.96. The lowest BCUT2D eigenvalue weighted by Crippen LogP contribution is -2.44. The van der Waals surface area contributed by atoms with Crippen LogP contribution < -0.4 is 4.74 Å². The van der Waals surface area contributed by atoms with Gasteiger partial charge in [-0.05, 0) is 48.2 Å². The second kappa shape index (κ2) is 9.24. The zero-order valence-electron chi connectivity index (χ0n) is 17.0. The average Bonchev–Trinajstić information content (AvgIpc) is 2.81. The van der Waals surface area contributed by atoms with Gasteiger partial charge in [0.2, 0.25) is 0 Å². The summed E-state index contributed by atoms with van der Waals surface area (Å²) in [4.78, 5) is 14.8. The molecule has 0 aromatic heterocycles. The second-order valence-electron chi connectivity index (χ2n) is 7.90. The van der Waals surface area contributed by atoms with Crippen LogP contribution in [-0.4, -0.2) is 35.4 Å². The van der Waals surface area contributed by atoms with Crippen molar-refractivity contribution in [3.8, 4) is 5.75 Å². The average molecular weight is 402 g/mol. The third-order valence-electron chi connectivity index (χ3n) is 5.79. The maximum atomic E-state index is 12.7. The summed E-state index contributed by atoms with van der Waals surface area (Å²) in [6, 6.07) is 27.2. The van der Waals surface area contributed by atoms with E-state index in [1.165, 1.54) is 0 Å². The molecule has 3 aromatic carbocycles. The van der Waals surface area contributed by atoms with E-state index < -0.39 is 5.60 Å². The number of ether oxygens (including phenoxy) is 1. The van der Waals surface area contributed by atoms with Gasteiger partial charge < -0.3 is 9.84 Å². The van der Waals surface area contributed by atoms with Crippen molar-refractivity contribution in [1.82, 2.24) is 4.90 Å². The molecular formula is C26H27NO3. The molecule has 3 aromatic rings. The van der Waals surface area contributed by atoms with E-state index in [4.69, 9.17) is 4.74 Å². The highest BCUT2D eigenvalue weighted by molar-refractivity contribution is 5.97. The van der Waals surface area contributed by atoms with Crippen LogP contribution in [0.5, 0.6) is 5.75 Å². The number of rotatable bonds is 7. The molecule has 1 N–H and O–H groups in total. The minimum Gasteiger partial charge on any atom is -0.489 e. The maximum Gasteiger partial charge on any atom is 0.176 e. The van der Waals surface area contributed by atoms with Crippen molar-refractivity contribution >= 4 is 5.78 Å². The predicted octanol–water partition coefficient (Wildman–Crippen LogP) is 4.43. The Morgan fingerprint density at radius 1 is 0.867 bits per heavy atom. The first-order valence-corrected chi connectivity index (χ1v) is 10.4. The summed E-state index contributed by atoms with van der Waals surface area (Å²) in [7, 11) is 0. The lowest BCUT2D eigenvalue weighted by atomic mass is 9.84. The molecule has 0 bridgehead atoms. The highest BCUT2D eigenvalue weighted by atomic mass is 16.5. The van der Waals surface area contributed by atoms with E-state index in [0.717, 1.165) is 16.9 Å². The van der Waals surface area contributed by atoms with Crippen LogP contribution in [-0.2, 0) is 12.2 Å². The second-order valence-corrected chi connectivity index (χ2v) is 7.90. The number of ketones is 1. The van der Waals surface area contributed by atoms with Gasteiger partial charge in [0.05, 0.1) is 12.1 Å². The number of likely N-dealkylation sites (tertiary alicyclic amines) is 1. The molecule has 4 heteroatoms. The summed E-state index contributed by atoms with van der Waals surface area (Å²) in [6.07, 6.45) is 1.27. The van der Waals surface area contributed by atoms with E-state index in [0.29, 0.717) is 44.6 Å². The van der Waals surface area contributed by atoms with Gasteiger partial charge in [-0.25, -0.2) is 0 Å². The largest absolute Gasteiger partial charge is 0.489 e. The van der Waals surface area contributed by atoms with Crippen molar-refractivity contribution in [2.24, 2.45) is 0 Å². The van der Waals surface area contributed by atoms with Gasteiger partial charge in [-0.15, -0.1) is 0 Å². The molecular weight excluding hydrogens is 374 g/mol. The van der Waals surface area contributed by atoms with Crippen LogP contribution in [0.1, 0.15) is 34.3 Å². The Kier molecular flexibility index (Phi) is 6.26. The number of Topliss-reactive ketones (excluding diaryl/α,β-unsaturated/α-hetero) is 1. The summed E-state index contributed by atoms with van der Waals surface area (Å²) in [5, 5.41) is 10.9.